The van der Waals surface area contributed by atoms with Gasteiger partial charge in [0.1, 0.15) is 0 Å². The van der Waals surface area contributed by atoms with Crippen LogP contribution in [0.5, 0.6) is 0 Å². The Kier molecular flexibility index (Phi) is 2.39. The lowest BCUT2D eigenvalue weighted by atomic mass is 10.0. The average Bonchev–Trinajstić information content (AvgIpc) is 2.47. The van der Waals surface area contributed by atoms with E-state index in [1.165, 1.54) is 31.0 Å². The molecule has 2 heterocycles. The van der Waals surface area contributed by atoms with Crippen LogP contribution in [-0.4, -0.2) is 42.1 Å². The van der Waals surface area contributed by atoms with Gasteiger partial charge in [0.15, 0.2) is 0 Å². The number of nitrogens with two attached hydrogens (primary N) is 1. The van der Waals surface area contributed by atoms with E-state index < -0.39 is 0 Å². The van der Waals surface area contributed by atoms with Crippen molar-refractivity contribution >= 4 is 11.8 Å². The molecule has 0 aromatic rings. The zero-order valence-electron chi connectivity index (χ0n) is 6.83. The second-order valence-corrected chi connectivity index (χ2v) is 4.61. The van der Waals surface area contributed by atoms with Crippen LogP contribution in [0, 0.1) is 5.92 Å². The first-order valence-corrected chi connectivity index (χ1v) is 5.59. The molecule has 3 heteroatoms. The fourth-order valence-electron chi connectivity index (χ4n) is 2.17. The molecule has 0 aliphatic carbocycles. The molecule has 2 saturated heterocycles. The van der Waals surface area contributed by atoms with Crippen molar-refractivity contribution in [3.05, 3.63) is 0 Å². The monoisotopic (exact) mass is 172 g/mol. The number of rotatable bonds is 1. The van der Waals surface area contributed by atoms with Crippen molar-refractivity contribution in [3.63, 3.8) is 0 Å². The molecular formula is C8H16N2S. The maximum atomic E-state index is 5.70. The second-order valence-electron chi connectivity index (χ2n) is 3.46. The Morgan fingerprint density at radius 1 is 1.45 bits per heavy atom. The second kappa shape index (κ2) is 3.33. The molecule has 2 nitrogen and oxygen atoms in total. The standard InChI is InChI=1S/C8H16N2S/c9-5-7-1-2-10-3-4-11-6-8(7)10/h7-8H,1-6,9H2. The van der Waals surface area contributed by atoms with Crippen LogP contribution in [0.15, 0.2) is 0 Å². The predicted octanol–water partition coefficient (Wildman–Crippen LogP) is 0.382. The molecule has 2 fully saturated rings. The van der Waals surface area contributed by atoms with E-state index in [-0.39, 0.29) is 0 Å². The fourth-order valence-corrected chi connectivity index (χ4v) is 3.42. The third kappa shape index (κ3) is 1.42. The van der Waals surface area contributed by atoms with E-state index in [1.54, 1.807) is 0 Å². The normalized spacial score (nSPS) is 39.0. The van der Waals surface area contributed by atoms with Gasteiger partial charge in [-0.05, 0) is 25.4 Å². The SMILES string of the molecule is NCC1CCN2CCSCC12. The lowest BCUT2D eigenvalue weighted by Crippen LogP contribution is -2.41. The lowest BCUT2D eigenvalue weighted by Gasteiger charge is -2.31. The Labute approximate surface area is 72.5 Å². The van der Waals surface area contributed by atoms with Crippen LogP contribution < -0.4 is 5.73 Å². The molecular weight excluding hydrogens is 156 g/mol. The first kappa shape index (κ1) is 7.90. The predicted molar refractivity (Wildman–Crippen MR) is 49.8 cm³/mol. The van der Waals surface area contributed by atoms with Gasteiger partial charge in [0.05, 0.1) is 0 Å². The van der Waals surface area contributed by atoms with Crippen LogP contribution in [0.1, 0.15) is 6.42 Å². The van der Waals surface area contributed by atoms with Crippen molar-refractivity contribution in [2.75, 3.05) is 31.1 Å². The van der Waals surface area contributed by atoms with E-state index in [2.05, 4.69) is 16.7 Å². The summed E-state index contributed by atoms with van der Waals surface area (Å²) in [6, 6.07) is 0.818. The maximum absolute atomic E-state index is 5.70. The van der Waals surface area contributed by atoms with Crippen molar-refractivity contribution < 1.29 is 0 Å². The Bertz CT molecular complexity index is 134. The number of thioether (sulfide) groups is 1. The molecule has 0 aromatic carbocycles. The van der Waals surface area contributed by atoms with Gasteiger partial charge in [0.2, 0.25) is 0 Å². The first-order chi connectivity index (χ1) is 5.42. The zero-order valence-corrected chi connectivity index (χ0v) is 7.65. The van der Waals surface area contributed by atoms with Gasteiger partial charge < -0.3 is 5.73 Å². The summed E-state index contributed by atoms with van der Waals surface area (Å²) in [5.74, 6) is 3.44. The van der Waals surface area contributed by atoms with Crippen molar-refractivity contribution in [1.29, 1.82) is 0 Å². The molecule has 2 atom stereocenters. The minimum atomic E-state index is 0.794. The molecule has 0 radical (unpaired) electrons. The summed E-state index contributed by atoms with van der Waals surface area (Å²) in [6.07, 6.45) is 1.34. The van der Waals surface area contributed by atoms with Crippen molar-refractivity contribution in [3.8, 4) is 0 Å². The van der Waals surface area contributed by atoms with E-state index in [0.29, 0.717) is 0 Å². The minimum Gasteiger partial charge on any atom is -0.330 e. The van der Waals surface area contributed by atoms with E-state index in [0.717, 1.165) is 18.5 Å². The highest BCUT2D eigenvalue weighted by atomic mass is 32.2. The van der Waals surface area contributed by atoms with Gasteiger partial charge in [0, 0.05) is 24.1 Å². The summed E-state index contributed by atoms with van der Waals surface area (Å²) in [5.41, 5.74) is 5.70. The molecule has 2 unspecified atom stereocenters. The van der Waals surface area contributed by atoms with Gasteiger partial charge in [-0.2, -0.15) is 11.8 Å². The Hall–Kier alpha value is 0.270. The molecule has 64 valence electrons. The summed E-state index contributed by atoms with van der Waals surface area (Å²) >= 11 is 2.09. The molecule has 0 bridgehead atoms. The third-order valence-electron chi connectivity index (χ3n) is 2.91. The van der Waals surface area contributed by atoms with Gasteiger partial charge in [-0.1, -0.05) is 0 Å². The average molecular weight is 172 g/mol. The van der Waals surface area contributed by atoms with Crippen LogP contribution >= 0.6 is 11.8 Å². The molecule has 2 aliphatic rings. The highest BCUT2D eigenvalue weighted by Gasteiger charge is 2.34. The van der Waals surface area contributed by atoms with E-state index in [1.807, 2.05) is 0 Å². The minimum absolute atomic E-state index is 0.794. The van der Waals surface area contributed by atoms with Crippen LogP contribution in [0.2, 0.25) is 0 Å². The van der Waals surface area contributed by atoms with Gasteiger partial charge in [-0.3, -0.25) is 4.90 Å². The number of nitrogens with zero attached hydrogens (tertiary/aromatic N) is 1. The number of hydrogen-bond donors (Lipinski definition) is 1. The van der Waals surface area contributed by atoms with Crippen molar-refractivity contribution in [2.45, 2.75) is 12.5 Å². The van der Waals surface area contributed by atoms with E-state index in [4.69, 9.17) is 5.73 Å². The van der Waals surface area contributed by atoms with E-state index in [9.17, 15) is 0 Å². The molecule has 2 aliphatic heterocycles. The molecule has 0 amide bonds. The maximum Gasteiger partial charge on any atom is 0.0227 e. The van der Waals surface area contributed by atoms with Gasteiger partial charge in [-0.15, -0.1) is 0 Å². The lowest BCUT2D eigenvalue weighted by molar-refractivity contribution is 0.255. The van der Waals surface area contributed by atoms with Gasteiger partial charge >= 0.3 is 0 Å². The molecule has 11 heavy (non-hydrogen) atoms. The smallest absolute Gasteiger partial charge is 0.0227 e. The quantitative estimate of drug-likeness (QED) is 0.620. The van der Waals surface area contributed by atoms with Crippen molar-refractivity contribution in [2.24, 2.45) is 11.7 Å². The molecule has 2 rings (SSSR count). The Morgan fingerprint density at radius 2 is 2.36 bits per heavy atom. The molecule has 0 aromatic heterocycles. The van der Waals surface area contributed by atoms with Crippen molar-refractivity contribution in [1.82, 2.24) is 4.90 Å². The zero-order chi connectivity index (χ0) is 7.68. The van der Waals surface area contributed by atoms with Crippen LogP contribution in [-0.2, 0) is 0 Å². The highest BCUT2D eigenvalue weighted by Crippen LogP contribution is 2.29. The topological polar surface area (TPSA) is 29.3 Å². The summed E-state index contributed by atoms with van der Waals surface area (Å²) in [7, 11) is 0. The van der Waals surface area contributed by atoms with Crippen LogP contribution in [0.25, 0.3) is 0 Å². The Morgan fingerprint density at radius 3 is 3.18 bits per heavy atom. The van der Waals surface area contributed by atoms with Gasteiger partial charge in [-0.25, -0.2) is 0 Å². The van der Waals surface area contributed by atoms with E-state index >= 15 is 0 Å². The number of fused-ring (bicyclic) bond motifs is 1. The molecule has 2 N–H and O–H groups in total. The largest absolute Gasteiger partial charge is 0.330 e. The molecule has 0 saturated carbocycles. The first-order valence-electron chi connectivity index (χ1n) is 4.43. The Balaban J connectivity index is 1.98. The van der Waals surface area contributed by atoms with Crippen LogP contribution in [0.4, 0.5) is 0 Å². The fraction of sp³-hybridized carbons (Fsp3) is 1.00. The summed E-state index contributed by atoms with van der Waals surface area (Å²) < 4.78 is 0. The van der Waals surface area contributed by atoms with Crippen LogP contribution in [0.3, 0.4) is 0 Å². The highest BCUT2D eigenvalue weighted by molar-refractivity contribution is 7.99. The number of hydrogen-bond acceptors (Lipinski definition) is 3. The summed E-state index contributed by atoms with van der Waals surface area (Å²) in [4.78, 5) is 2.62. The summed E-state index contributed by atoms with van der Waals surface area (Å²) in [6.45, 7) is 3.49. The molecule has 0 spiro atoms. The summed E-state index contributed by atoms with van der Waals surface area (Å²) in [5, 5.41) is 0. The third-order valence-corrected chi connectivity index (χ3v) is 3.96. The van der Waals surface area contributed by atoms with Gasteiger partial charge in [0.25, 0.3) is 0 Å².